The summed E-state index contributed by atoms with van der Waals surface area (Å²) in [6.07, 6.45) is 0.649. The number of methoxy groups -OCH3 is 2. The first-order chi connectivity index (χ1) is 17.0. The Morgan fingerprint density at radius 1 is 0.971 bits per heavy atom. The van der Waals surface area contributed by atoms with Crippen LogP contribution in [0.5, 0.6) is 17.2 Å². The van der Waals surface area contributed by atoms with Crippen LogP contribution in [0.15, 0.2) is 66.7 Å². The third-order valence-electron chi connectivity index (χ3n) is 5.29. The number of ether oxygens (including phenoxy) is 3. The van der Waals surface area contributed by atoms with Gasteiger partial charge < -0.3 is 19.9 Å². The summed E-state index contributed by atoms with van der Waals surface area (Å²) in [7, 11) is 2.89. The molecule has 4 aromatic rings. The van der Waals surface area contributed by atoms with Crippen LogP contribution in [0.2, 0.25) is 0 Å². The number of benzene rings is 3. The SMILES string of the molecule is COc1cc(C(=O)N(CCc2ccccc2)c2nc3ccccc3s2)cc(OC)c1OCC(N)=O. The Balaban J connectivity index is 1.72. The molecular weight excluding hydrogens is 466 g/mol. The fourth-order valence-electron chi connectivity index (χ4n) is 3.59. The minimum atomic E-state index is -0.641. The molecule has 0 atom stereocenters. The topological polar surface area (TPSA) is 104 Å². The van der Waals surface area contributed by atoms with E-state index in [2.05, 4.69) is 0 Å². The molecule has 1 heterocycles. The highest BCUT2D eigenvalue weighted by molar-refractivity contribution is 7.22. The molecule has 1 aromatic heterocycles. The minimum Gasteiger partial charge on any atom is -0.493 e. The summed E-state index contributed by atoms with van der Waals surface area (Å²) in [5, 5.41) is 0.596. The summed E-state index contributed by atoms with van der Waals surface area (Å²) in [5.41, 5.74) is 7.47. The minimum absolute atomic E-state index is 0.196. The van der Waals surface area contributed by atoms with E-state index in [1.807, 2.05) is 54.6 Å². The Labute approximate surface area is 206 Å². The second kappa shape index (κ2) is 10.9. The summed E-state index contributed by atoms with van der Waals surface area (Å²) in [5.74, 6) is -0.209. The molecule has 4 rings (SSSR count). The van der Waals surface area contributed by atoms with E-state index < -0.39 is 5.91 Å². The quantitative estimate of drug-likeness (QED) is 0.359. The number of carbonyl (C=O) groups is 2. The Hall–Kier alpha value is -4.11. The summed E-state index contributed by atoms with van der Waals surface area (Å²) in [6.45, 7) is 0.0716. The number of aromatic nitrogens is 1. The van der Waals surface area contributed by atoms with Crippen LogP contribution in [0, 0.1) is 0 Å². The van der Waals surface area contributed by atoms with Crippen LogP contribution in [-0.2, 0) is 11.2 Å². The van der Waals surface area contributed by atoms with Gasteiger partial charge in [0.2, 0.25) is 5.75 Å². The lowest BCUT2D eigenvalue weighted by atomic mass is 10.1. The molecule has 0 radical (unpaired) electrons. The molecule has 0 aliphatic carbocycles. The molecule has 0 saturated carbocycles. The second-order valence-electron chi connectivity index (χ2n) is 7.62. The van der Waals surface area contributed by atoms with Gasteiger partial charge in [-0.25, -0.2) is 4.98 Å². The van der Waals surface area contributed by atoms with Gasteiger partial charge in [0.1, 0.15) is 0 Å². The molecule has 8 nitrogen and oxygen atoms in total. The predicted molar refractivity (Wildman–Crippen MR) is 136 cm³/mol. The van der Waals surface area contributed by atoms with Crippen LogP contribution >= 0.6 is 11.3 Å². The molecule has 0 saturated heterocycles. The van der Waals surface area contributed by atoms with Crippen molar-refractivity contribution in [2.45, 2.75) is 6.42 Å². The number of nitrogens with zero attached hydrogens (tertiary/aromatic N) is 2. The van der Waals surface area contributed by atoms with Gasteiger partial charge in [-0.15, -0.1) is 0 Å². The van der Waals surface area contributed by atoms with Crippen molar-refractivity contribution >= 4 is 38.5 Å². The molecule has 0 bridgehead atoms. The third kappa shape index (κ3) is 5.52. The van der Waals surface area contributed by atoms with Crippen LogP contribution in [0.3, 0.4) is 0 Å². The van der Waals surface area contributed by atoms with E-state index in [1.54, 1.807) is 17.0 Å². The molecule has 2 N–H and O–H groups in total. The molecular formula is C26H25N3O5S. The van der Waals surface area contributed by atoms with Crippen molar-refractivity contribution in [3.8, 4) is 17.2 Å². The maximum Gasteiger partial charge on any atom is 0.260 e. The van der Waals surface area contributed by atoms with Crippen molar-refractivity contribution in [3.63, 3.8) is 0 Å². The highest BCUT2D eigenvalue weighted by atomic mass is 32.1. The van der Waals surface area contributed by atoms with Gasteiger partial charge in [-0.2, -0.15) is 0 Å². The van der Waals surface area contributed by atoms with E-state index in [1.165, 1.54) is 25.6 Å². The van der Waals surface area contributed by atoms with Crippen molar-refractivity contribution in [1.29, 1.82) is 0 Å². The summed E-state index contributed by atoms with van der Waals surface area (Å²) in [6, 6.07) is 20.8. The zero-order chi connectivity index (χ0) is 24.8. The summed E-state index contributed by atoms with van der Waals surface area (Å²) >= 11 is 1.45. The standard InChI is InChI=1S/C26H25N3O5S/c1-32-20-14-18(15-21(33-2)24(20)34-16-23(27)30)25(31)29(13-12-17-8-4-3-5-9-17)26-28-19-10-6-7-11-22(19)35-26/h3-11,14-15H,12-13,16H2,1-2H3,(H2,27,30). The Kier molecular flexibility index (Phi) is 7.47. The monoisotopic (exact) mass is 491 g/mol. The number of hydrogen-bond acceptors (Lipinski definition) is 7. The van der Waals surface area contributed by atoms with Gasteiger partial charge in [0.05, 0.1) is 24.4 Å². The Morgan fingerprint density at radius 2 is 1.63 bits per heavy atom. The molecule has 3 aromatic carbocycles. The molecule has 2 amide bonds. The second-order valence-corrected chi connectivity index (χ2v) is 8.63. The van der Waals surface area contributed by atoms with Crippen molar-refractivity contribution in [1.82, 2.24) is 4.98 Å². The smallest absolute Gasteiger partial charge is 0.260 e. The number of primary amides is 1. The number of para-hydroxylation sites is 1. The maximum absolute atomic E-state index is 13.8. The lowest BCUT2D eigenvalue weighted by molar-refractivity contribution is -0.120. The molecule has 35 heavy (non-hydrogen) atoms. The average Bonchev–Trinajstić information content (AvgIpc) is 3.31. The molecule has 9 heteroatoms. The number of fused-ring (bicyclic) bond motifs is 1. The van der Waals surface area contributed by atoms with Crippen LogP contribution in [0.25, 0.3) is 10.2 Å². The van der Waals surface area contributed by atoms with Gasteiger partial charge in [0.15, 0.2) is 23.2 Å². The van der Waals surface area contributed by atoms with Crippen molar-refractivity contribution < 1.29 is 23.8 Å². The fraction of sp³-hybridized carbons (Fsp3) is 0.192. The van der Waals surface area contributed by atoms with Crippen molar-refractivity contribution in [2.24, 2.45) is 5.73 Å². The van der Waals surface area contributed by atoms with Gasteiger partial charge in [0, 0.05) is 12.1 Å². The zero-order valence-electron chi connectivity index (χ0n) is 19.4. The number of hydrogen-bond donors (Lipinski definition) is 1. The highest BCUT2D eigenvalue weighted by Crippen LogP contribution is 2.39. The van der Waals surface area contributed by atoms with E-state index >= 15 is 0 Å². The number of amides is 2. The maximum atomic E-state index is 13.8. The Bertz CT molecular complexity index is 1280. The summed E-state index contributed by atoms with van der Waals surface area (Å²) in [4.78, 5) is 31.4. The predicted octanol–water partition coefficient (Wildman–Crippen LogP) is 4.07. The molecule has 0 unspecified atom stereocenters. The van der Waals surface area contributed by atoms with Crippen molar-refractivity contribution in [2.75, 3.05) is 32.3 Å². The molecule has 0 aliphatic rings. The van der Waals surface area contributed by atoms with Crippen LogP contribution in [-0.4, -0.2) is 44.2 Å². The van der Waals surface area contributed by atoms with Gasteiger partial charge >= 0.3 is 0 Å². The molecule has 0 spiro atoms. The number of rotatable bonds is 10. The first-order valence-corrected chi connectivity index (χ1v) is 11.7. The fourth-order valence-corrected chi connectivity index (χ4v) is 4.58. The normalized spacial score (nSPS) is 10.7. The lowest BCUT2D eigenvalue weighted by Gasteiger charge is -2.21. The van der Waals surface area contributed by atoms with Crippen LogP contribution < -0.4 is 24.8 Å². The van der Waals surface area contributed by atoms with Gasteiger partial charge in [-0.3, -0.25) is 14.5 Å². The van der Waals surface area contributed by atoms with Gasteiger partial charge in [0.25, 0.3) is 11.8 Å². The zero-order valence-corrected chi connectivity index (χ0v) is 20.2. The van der Waals surface area contributed by atoms with E-state index in [0.29, 0.717) is 23.7 Å². The lowest BCUT2D eigenvalue weighted by Crippen LogP contribution is -2.33. The first kappa shape index (κ1) is 24.0. The molecule has 0 aliphatic heterocycles. The highest BCUT2D eigenvalue weighted by Gasteiger charge is 2.25. The van der Waals surface area contributed by atoms with Gasteiger partial charge in [-0.1, -0.05) is 53.8 Å². The largest absolute Gasteiger partial charge is 0.493 e. The van der Waals surface area contributed by atoms with E-state index in [-0.39, 0.29) is 29.8 Å². The van der Waals surface area contributed by atoms with Crippen LogP contribution in [0.4, 0.5) is 5.13 Å². The molecule has 180 valence electrons. The van der Waals surface area contributed by atoms with Crippen molar-refractivity contribution in [3.05, 3.63) is 77.9 Å². The van der Waals surface area contributed by atoms with Gasteiger partial charge in [-0.05, 0) is 36.2 Å². The number of nitrogens with two attached hydrogens (primary N) is 1. The van der Waals surface area contributed by atoms with E-state index in [0.717, 1.165) is 15.8 Å². The summed E-state index contributed by atoms with van der Waals surface area (Å²) < 4.78 is 17.3. The number of carbonyl (C=O) groups excluding carboxylic acids is 2. The molecule has 0 fully saturated rings. The Morgan fingerprint density at radius 3 is 2.26 bits per heavy atom. The van der Waals surface area contributed by atoms with Crippen LogP contribution in [0.1, 0.15) is 15.9 Å². The average molecular weight is 492 g/mol. The number of thiazole rings is 1. The third-order valence-corrected chi connectivity index (χ3v) is 6.35. The first-order valence-electron chi connectivity index (χ1n) is 10.9. The van der Waals surface area contributed by atoms with E-state index in [4.69, 9.17) is 24.9 Å². The number of anilines is 1. The van der Waals surface area contributed by atoms with E-state index in [9.17, 15) is 9.59 Å².